The molecule has 0 aliphatic carbocycles. The fourth-order valence-electron chi connectivity index (χ4n) is 3.40. The van der Waals surface area contributed by atoms with Crippen LogP contribution in [0.1, 0.15) is 136 Å². The molecule has 0 radical (unpaired) electrons. The summed E-state index contributed by atoms with van der Waals surface area (Å²) in [6.07, 6.45) is 20.2. The lowest BCUT2D eigenvalue weighted by molar-refractivity contribution is -0.146. The van der Waals surface area contributed by atoms with Crippen molar-refractivity contribution < 1.29 is 19.1 Å². The molecule has 0 aromatic heterocycles. The maximum absolute atomic E-state index is 11.7. The van der Waals surface area contributed by atoms with Gasteiger partial charge in [-0.3, -0.25) is 9.59 Å². The van der Waals surface area contributed by atoms with E-state index < -0.39 is 0 Å². The highest BCUT2D eigenvalue weighted by molar-refractivity contribution is 5.70. The van der Waals surface area contributed by atoms with Crippen molar-refractivity contribution in [3.8, 4) is 0 Å². The smallest absolute Gasteiger partial charge is 0.305 e. The third kappa shape index (κ3) is 23.2. The Morgan fingerprint density at radius 3 is 1.40 bits per heavy atom. The summed E-state index contributed by atoms with van der Waals surface area (Å²) in [4.78, 5) is 23.3. The number of hydrogen-bond acceptors (Lipinski definition) is 4. The van der Waals surface area contributed by atoms with Crippen molar-refractivity contribution in [1.82, 2.24) is 0 Å². The summed E-state index contributed by atoms with van der Waals surface area (Å²) in [7, 11) is 0. The number of carbonyl (C=O) groups excluding carboxylic acids is 2. The van der Waals surface area contributed by atoms with Crippen LogP contribution < -0.4 is 0 Å². The van der Waals surface area contributed by atoms with Gasteiger partial charge in [0, 0.05) is 12.8 Å². The minimum Gasteiger partial charge on any atom is -0.466 e. The van der Waals surface area contributed by atoms with Gasteiger partial charge in [0.15, 0.2) is 0 Å². The minimum atomic E-state index is -0.156. The predicted molar refractivity (Wildman–Crippen MR) is 126 cm³/mol. The molecule has 30 heavy (non-hydrogen) atoms. The molecule has 0 rings (SSSR count). The molecule has 0 N–H and O–H groups in total. The van der Waals surface area contributed by atoms with Gasteiger partial charge < -0.3 is 9.47 Å². The third-order valence-electron chi connectivity index (χ3n) is 5.48. The number of esters is 2. The first-order valence-electron chi connectivity index (χ1n) is 12.9. The maximum atomic E-state index is 11.7. The van der Waals surface area contributed by atoms with Gasteiger partial charge in [0.25, 0.3) is 0 Å². The van der Waals surface area contributed by atoms with E-state index in [4.69, 9.17) is 9.47 Å². The van der Waals surface area contributed by atoms with Crippen LogP contribution in [0.3, 0.4) is 0 Å². The predicted octanol–water partition coefficient (Wildman–Crippen LogP) is 7.77. The van der Waals surface area contributed by atoms with Crippen molar-refractivity contribution >= 4 is 11.9 Å². The molecule has 0 atom stereocenters. The molecular formula is C26H50O4. The van der Waals surface area contributed by atoms with Gasteiger partial charge in [-0.2, -0.15) is 0 Å². The molecule has 4 heteroatoms. The average Bonchev–Trinajstić information content (AvgIpc) is 2.71. The molecule has 0 heterocycles. The van der Waals surface area contributed by atoms with E-state index in [0.717, 1.165) is 19.3 Å². The van der Waals surface area contributed by atoms with Crippen LogP contribution in [0.4, 0.5) is 0 Å². The SMILES string of the molecule is CCCCCCCCCCCCCCCOC(=O)CCCCC(=O)OCCC(C)C. The Morgan fingerprint density at radius 1 is 0.567 bits per heavy atom. The van der Waals surface area contributed by atoms with Crippen LogP contribution in [-0.4, -0.2) is 25.2 Å². The van der Waals surface area contributed by atoms with Crippen LogP contribution in [-0.2, 0) is 19.1 Å². The van der Waals surface area contributed by atoms with E-state index in [1.165, 1.54) is 70.6 Å². The molecule has 0 bridgehead atoms. The zero-order valence-electron chi connectivity index (χ0n) is 20.4. The van der Waals surface area contributed by atoms with Crippen LogP contribution in [0.15, 0.2) is 0 Å². The Balaban J connectivity index is 3.26. The van der Waals surface area contributed by atoms with Crippen LogP contribution in [0.25, 0.3) is 0 Å². The molecule has 0 fully saturated rings. The first-order chi connectivity index (χ1) is 14.6. The molecule has 0 aromatic rings. The Bertz CT molecular complexity index is 392. The van der Waals surface area contributed by atoms with Gasteiger partial charge in [0.2, 0.25) is 0 Å². The standard InChI is InChI=1S/C26H50O4/c1-4-5-6-7-8-9-10-11-12-13-14-15-18-22-29-25(27)19-16-17-20-26(28)30-23-21-24(2)3/h24H,4-23H2,1-3H3. The van der Waals surface area contributed by atoms with Crippen molar-refractivity contribution in [3.05, 3.63) is 0 Å². The summed E-state index contributed by atoms with van der Waals surface area (Å²) in [5.41, 5.74) is 0. The molecule has 0 unspecified atom stereocenters. The van der Waals surface area contributed by atoms with Gasteiger partial charge in [0.05, 0.1) is 13.2 Å². The van der Waals surface area contributed by atoms with E-state index in [0.29, 0.717) is 44.8 Å². The molecule has 4 nitrogen and oxygen atoms in total. The lowest BCUT2D eigenvalue weighted by atomic mass is 10.0. The van der Waals surface area contributed by atoms with E-state index >= 15 is 0 Å². The van der Waals surface area contributed by atoms with E-state index in [2.05, 4.69) is 20.8 Å². The highest BCUT2D eigenvalue weighted by Gasteiger charge is 2.06. The average molecular weight is 427 g/mol. The lowest BCUT2D eigenvalue weighted by Gasteiger charge is -2.07. The second-order valence-corrected chi connectivity index (χ2v) is 9.07. The summed E-state index contributed by atoms with van der Waals surface area (Å²) >= 11 is 0. The molecule has 0 spiro atoms. The quantitative estimate of drug-likeness (QED) is 0.131. The Labute approximate surface area is 186 Å². The topological polar surface area (TPSA) is 52.6 Å². The summed E-state index contributed by atoms with van der Waals surface area (Å²) in [6, 6.07) is 0. The summed E-state index contributed by atoms with van der Waals surface area (Å²) in [6.45, 7) is 7.52. The number of ether oxygens (including phenoxy) is 2. The van der Waals surface area contributed by atoms with Crippen molar-refractivity contribution in [2.75, 3.05) is 13.2 Å². The van der Waals surface area contributed by atoms with Gasteiger partial charge in [-0.25, -0.2) is 0 Å². The molecular weight excluding hydrogens is 376 g/mol. The molecule has 0 aromatic carbocycles. The number of carbonyl (C=O) groups is 2. The van der Waals surface area contributed by atoms with Crippen molar-refractivity contribution in [1.29, 1.82) is 0 Å². The largest absolute Gasteiger partial charge is 0.466 e. The van der Waals surface area contributed by atoms with Gasteiger partial charge in [-0.05, 0) is 31.6 Å². The first-order valence-corrected chi connectivity index (χ1v) is 12.9. The zero-order chi connectivity index (χ0) is 22.3. The summed E-state index contributed by atoms with van der Waals surface area (Å²) < 4.78 is 10.4. The zero-order valence-corrected chi connectivity index (χ0v) is 20.4. The van der Waals surface area contributed by atoms with Gasteiger partial charge in [-0.15, -0.1) is 0 Å². The summed E-state index contributed by atoms with van der Waals surface area (Å²) in [5.74, 6) is 0.251. The van der Waals surface area contributed by atoms with Gasteiger partial charge in [-0.1, -0.05) is 97.8 Å². The maximum Gasteiger partial charge on any atom is 0.305 e. The van der Waals surface area contributed by atoms with E-state index in [1.807, 2.05) is 0 Å². The number of rotatable bonds is 22. The fraction of sp³-hybridized carbons (Fsp3) is 0.923. The van der Waals surface area contributed by atoms with Gasteiger partial charge >= 0.3 is 11.9 Å². The third-order valence-corrected chi connectivity index (χ3v) is 5.48. The number of unbranched alkanes of at least 4 members (excludes halogenated alkanes) is 13. The molecule has 0 aliphatic rings. The molecule has 178 valence electrons. The van der Waals surface area contributed by atoms with Crippen LogP contribution in [0, 0.1) is 5.92 Å². The van der Waals surface area contributed by atoms with Crippen molar-refractivity contribution in [3.63, 3.8) is 0 Å². The Kier molecular flexibility index (Phi) is 21.8. The normalized spacial score (nSPS) is 11.1. The second-order valence-electron chi connectivity index (χ2n) is 9.07. The first kappa shape index (κ1) is 28.9. The summed E-state index contributed by atoms with van der Waals surface area (Å²) in [5, 5.41) is 0. The van der Waals surface area contributed by atoms with Crippen molar-refractivity contribution in [2.24, 2.45) is 5.92 Å². The lowest BCUT2D eigenvalue weighted by Crippen LogP contribution is -2.08. The Hall–Kier alpha value is -1.06. The van der Waals surface area contributed by atoms with Crippen LogP contribution in [0.5, 0.6) is 0 Å². The fourth-order valence-corrected chi connectivity index (χ4v) is 3.40. The van der Waals surface area contributed by atoms with E-state index in [9.17, 15) is 9.59 Å². The minimum absolute atomic E-state index is 0.137. The van der Waals surface area contributed by atoms with E-state index in [1.54, 1.807) is 0 Å². The second kappa shape index (κ2) is 22.6. The molecule has 0 aliphatic heterocycles. The monoisotopic (exact) mass is 426 g/mol. The molecule has 0 amide bonds. The van der Waals surface area contributed by atoms with Crippen LogP contribution >= 0.6 is 0 Å². The highest BCUT2D eigenvalue weighted by Crippen LogP contribution is 2.12. The highest BCUT2D eigenvalue weighted by atomic mass is 16.5. The Morgan fingerprint density at radius 2 is 0.967 bits per heavy atom. The van der Waals surface area contributed by atoms with Crippen LogP contribution in [0.2, 0.25) is 0 Å². The molecule has 0 saturated carbocycles. The molecule has 0 saturated heterocycles. The van der Waals surface area contributed by atoms with E-state index in [-0.39, 0.29) is 11.9 Å². The number of hydrogen-bond donors (Lipinski definition) is 0. The van der Waals surface area contributed by atoms with Crippen molar-refractivity contribution in [2.45, 2.75) is 136 Å². The van der Waals surface area contributed by atoms with Gasteiger partial charge in [0.1, 0.15) is 0 Å².